The summed E-state index contributed by atoms with van der Waals surface area (Å²) in [6.45, 7) is 0.0940. The number of halogens is 4. The van der Waals surface area contributed by atoms with E-state index in [9.17, 15) is 4.79 Å². The third-order valence-electron chi connectivity index (χ3n) is 2.71. The maximum absolute atomic E-state index is 11.8. The van der Waals surface area contributed by atoms with E-state index in [0.717, 1.165) is 24.7 Å². The average Bonchev–Trinajstić information content (AvgIpc) is 2.48. The molecule has 0 heterocycles. The van der Waals surface area contributed by atoms with Crippen molar-refractivity contribution in [3.05, 3.63) is 60.4 Å². The summed E-state index contributed by atoms with van der Waals surface area (Å²) in [7, 11) is 0. The van der Waals surface area contributed by atoms with E-state index >= 15 is 0 Å². The summed E-state index contributed by atoms with van der Waals surface area (Å²) in [6.07, 6.45) is 1.56. The van der Waals surface area contributed by atoms with Gasteiger partial charge in [0, 0.05) is 18.4 Å². The SMILES string of the molecule is O=C(CNc1c(Br)cc(Br)cc1Br)N/N=C/c1ccc(Cl)cc1. The number of anilines is 1. The van der Waals surface area contributed by atoms with Crippen molar-refractivity contribution in [2.24, 2.45) is 5.10 Å². The lowest BCUT2D eigenvalue weighted by molar-refractivity contribution is -0.119. The number of carbonyl (C=O) groups excluding carboxylic acids is 1. The number of benzene rings is 2. The number of nitrogens with one attached hydrogen (secondary N) is 2. The summed E-state index contributed by atoms with van der Waals surface area (Å²) in [5, 5.41) is 7.60. The van der Waals surface area contributed by atoms with Gasteiger partial charge in [-0.1, -0.05) is 39.7 Å². The molecule has 2 aromatic carbocycles. The molecule has 0 aromatic heterocycles. The van der Waals surface area contributed by atoms with Gasteiger partial charge in [0.2, 0.25) is 0 Å². The van der Waals surface area contributed by atoms with Crippen molar-refractivity contribution < 1.29 is 4.79 Å². The molecule has 120 valence electrons. The lowest BCUT2D eigenvalue weighted by atomic mass is 10.2. The largest absolute Gasteiger partial charge is 0.374 e. The van der Waals surface area contributed by atoms with Gasteiger partial charge in [-0.3, -0.25) is 4.79 Å². The predicted octanol–water partition coefficient (Wildman–Crippen LogP) is 5.19. The van der Waals surface area contributed by atoms with E-state index in [-0.39, 0.29) is 12.5 Å². The van der Waals surface area contributed by atoms with Gasteiger partial charge in [0.15, 0.2) is 0 Å². The monoisotopic (exact) mass is 521 g/mol. The molecule has 0 atom stereocenters. The number of hydrogen-bond acceptors (Lipinski definition) is 3. The Morgan fingerprint density at radius 2 is 1.74 bits per heavy atom. The fourth-order valence-electron chi connectivity index (χ4n) is 1.65. The lowest BCUT2D eigenvalue weighted by Crippen LogP contribution is -2.26. The van der Waals surface area contributed by atoms with Crippen LogP contribution < -0.4 is 10.7 Å². The summed E-state index contributed by atoms with van der Waals surface area (Å²) < 4.78 is 2.62. The smallest absolute Gasteiger partial charge is 0.259 e. The first-order valence-corrected chi connectivity index (χ1v) is 9.17. The quantitative estimate of drug-likeness (QED) is 0.418. The third kappa shape index (κ3) is 5.91. The molecule has 0 saturated carbocycles. The summed E-state index contributed by atoms with van der Waals surface area (Å²) >= 11 is 16.1. The Morgan fingerprint density at radius 1 is 1.13 bits per heavy atom. The van der Waals surface area contributed by atoms with Crippen LogP contribution in [0.4, 0.5) is 5.69 Å². The minimum absolute atomic E-state index is 0.0940. The molecule has 2 N–H and O–H groups in total. The molecule has 0 bridgehead atoms. The van der Waals surface area contributed by atoms with Gasteiger partial charge in [0.1, 0.15) is 0 Å². The number of carbonyl (C=O) groups is 1. The van der Waals surface area contributed by atoms with Gasteiger partial charge in [0.05, 0.1) is 18.4 Å². The fraction of sp³-hybridized carbons (Fsp3) is 0.0667. The van der Waals surface area contributed by atoms with E-state index < -0.39 is 0 Å². The van der Waals surface area contributed by atoms with Crippen molar-refractivity contribution in [3.8, 4) is 0 Å². The highest BCUT2D eigenvalue weighted by atomic mass is 79.9. The zero-order valence-corrected chi connectivity index (χ0v) is 17.1. The summed E-state index contributed by atoms with van der Waals surface area (Å²) in [4.78, 5) is 11.8. The molecule has 0 saturated heterocycles. The number of hydrazone groups is 1. The Hall–Kier alpha value is -0.890. The van der Waals surface area contributed by atoms with Crippen molar-refractivity contribution in [1.29, 1.82) is 0 Å². The van der Waals surface area contributed by atoms with Crippen LogP contribution in [0.15, 0.2) is 54.9 Å². The fourth-order valence-corrected chi connectivity index (χ4v) is 4.31. The molecule has 0 radical (unpaired) electrons. The van der Waals surface area contributed by atoms with Gasteiger partial charge in [-0.2, -0.15) is 5.10 Å². The minimum Gasteiger partial charge on any atom is -0.374 e. The summed E-state index contributed by atoms with van der Waals surface area (Å²) in [6, 6.07) is 10.9. The third-order valence-corrected chi connectivity index (χ3v) is 4.67. The molecule has 1 amide bonds. The van der Waals surface area contributed by atoms with E-state index in [2.05, 4.69) is 63.6 Å². The van der Waals surface area contributed by atoms with Gasteiger partial charge in [0.25, 0.3) is 5.91 Å². The summed E-state index contributed by atoms with van der Waals surface area (Å²) in [5.41, 5.74) is 4.11. The van der Waals surface area contributed by atoms with Crippen LogP contribution in [-0.2, 0) is 4.79 Å². The molecule has 0 aliphatic heterocycles. The van der Waals surface area contributed by atoms with Gasteiger partial charge < -0.3 is 5.32 Å². The number of hydrogen-bond donors (Lipinski definition) is 2. The van der Waals surface area contributed by atoms with E-state index in [1.165, 1.54) is 0 Å². The van der Waals surface area contributed by atoms with Crippen LogP contribution in [0, 0.1) is 0 Å². The highest BCUT2D eigenvalue weighted by Gasteiger charge is 2.08. The van der Waals surface area contributed by atoms with Crippen LogP contribution in [0.3, 0.4) is 0 Å². The second-order valence-electron chi connectivity index (χ2n) is 4.44. The molecule has 2 rings (SSSR count). The lowest BCUT2D eigenvalue weighted by Gasteiger charge is -2.10. The highest BCUT2D eigenvalue weighted by molar-refractivity contribution is 9.11. The molecule has 0 aliphatic rings. The molecule has 0 spiro atoms. The van der Waals surface area contributed by atoms with Gasteiger partial charge in [-0.15, -0.1) is 0 Å². The van der Waals surface area contributed by atoms with Gasteiger partial charge in [-0.05, 0) is 61.7 Å². The van der Waals surface area contributed by atoms with Crippen molar-refractivity contribution in [2.75, 3.05) is 11.9 Å². The average molecular weight is 524 g/mol. The van der Waals surface area contributed by atoms with Crippen LogP contribution in [0.1, 0.15) is 5.56 Å². The number of amides is 1. The number of rotatable bonds is 5. The molecule has 8 heteroatoms. The first-order valence-electron chi connectivity index (χ1n) is 6.41. The second-order valence-corrected chi connectivity index (χ2v) is 7.50. The van der Waals surface area contributed by atoms with Crippen molar-refractivity contribution in [2.45, 2.75) is 0 Å². The molecule has 0 fully saturated rings. The van der Waals surface area contributed by atoms with Crippen molar-refractivity contribution in [3.63, 3.8) is 0 Å². The van der Waals surface area contributed by atoms with Crippen LogP contribution in [0.2, 0.25) is 5.02 Å². The van der Waals surface area contributed by atoms with Crippen LogP contribution in [0.5, 0.6) is 0 Å². The Morgan fingerprint density at radius 3 is 2.35 bits per heavy atom. The topological polar surface area (TPSA) is 53.5 Å². The van der Waals surface area contributed by atoms with E-state index in [1.807, 2.05) is 24.3 Å². The van der Waals surface area contributed by atoms with E-state index in [1.54, 1.807) is 18.3 Å². The van der Waals surface area contributed by atoms with Crippen molar-refractivity contribution in [1.82, 2.24) is 5.43 Å². The van der Waals surface area contributed by atoms with E-state index in [4.69, 9.17) is 11.6 Å². The molecule has 2 aromatic rings. The molecule has 23 heavy (non-hydrogen) atoms. The first-order chi connectivity index (χ1) is 11.0. The number of nitrogens with zero attached hydrogens (tertiary/aromatic N) is 1. The van der Waals surface area contributed by atoms with E-state index in [0.29, 0.717) is 5.02 Å². The molecule has 0 unspecified atom stereocenters. The Labute approximate surface area is 164 Å². The standard InChI is InChI=1S/C15H11Br3ClN3O/c16-10-5-12(17)15(13(18)6-10)20-8-14(23)22-21-7-9-1-3-11(19)4-2-9/h1-7,20H,8H2,(H,22,23)/b21-7+. The Balaban J connectivity index is 1.87. The zero-order valence-electron chi connectivity index (χ0n) is 11.6. The molecule has 4 nitrogen and oxygen atoms in total. The Kier molecular flexibility index (Phi) is 7.08. The van der Waals surface area contributed by atoms with Crippen LogP contribution in [-0.4, -0.2) is 18.7 Å². The highest BCUT2D eigenvalue weighted by Crippen LogP contribution is 2.34. The van der Waals surface area contributed by atoms with Crippen LogP contribution >= 0.6 is 59.4 Å². The maximum Gasteiger partial charge on any atom is 0.259 e. The van der Waals surface area contributed by atoms with Gasteiger partial charge in [-0.25, -0.2) is 5.43 Å². The summed E-state index contributed by atoms with van der Waals surface area (Å²) in [5.74, 6) is -0.253. The first kappa shape index (κ1) is 18.4. The normalized spacial score (nSPS) is 10.8. The minimum atomic E-state index is -0.253. The van der Waals surface area contributed by atoms with Gasteiger partial charge >= 0.3 is 0 Å². The molecule has 0 aliphatic carbocycles. The molecular formula is C15H11Br3ClN3O. The zero-order chi connectivity index (χ0) is 16.8. The molecular weight excluding hydrogens is 513 g/mol. The predicted molar refractivity (Wildman–Crippen MR) is 105 cm³/mol. The second kappa shape index (κ2) is 8.82. The van der Waals surface area contributed by atoms with Crippen molar-refractivity contribution >= 4 is 77.2 Å². The van der Waals surface area contributed by atoms with Crippen LogP contribution in [0.25, 0.3) is 0 Å². The Bertz CT molecular complexity index is 712. The maximum atomic E-state index is 11.8.